The highest BCUT2D eigenvalue weighted by molar-refractivity contribution is 7.88. The molecule has 0 spiro atoms. The van der Waals surface area contributed by atoms with Gasteiger partial charge in [0.25, 0.3) is 0 Å². The van der Waals surface area contributed by atoms with Crippen LogP contribution in [0.2, 0.25) is 0 Å². The zero-order valence-electron chi connectivity index (χ0n) is 24.9. The van der Waals surface area contributed by atoms with Crippen molar-refractivity contribution in [2.24, 2.45) is 11.8 Å². The molecule has 14 heteroatoms. The van der Waals surface area contributed by atoms with E-state index in [1.54, 1.807) is 24.3 Å². The number of aromatic nitrogens is 2. The fourth-order valence-corrected chi connectivity index (χ4v) is 6.74. The van der Waals surface area contributed by atoms with Gasteiger partial charge in [0.15, 0.2) is 0 Å². The monoisotopic (exact) mass is 632 g/mol. The average molecular weight is 633 g/mol. The molecule has 0 saturated carbocycles. The van der Waals surface area contributed by atoms with Gasteiger partial charge in [0.1, 0.15) is 5.75 Å². The van der Waals surface area contributed by atoms with Crippen LogP contribution in [0.15, 0.2) is 48.7 Å². The van der Waals surface area contributed by atoms with E-state index in [2.05, 4.69) is 25.5 Å². The van der Waals surface area contributed by atoms with E-state index in [9.17, 15) is 26.4 Å². The Morgan fingerprint density at radius 3 is 2.61 bits per heavy atom. The number of ether oxygens (including phenoxy) is 1. The molecule has 1 amide bonds. The summed E-state index contributed by atoms with van der Waals surface area (Å²) in [5.74, 6) is -0.458. The van der Waals surface area contributed by atoms with Gasteiger partial charge in [-0.2, -0.15) is 17.5 Å². The van der Waals surface area contributed by atoms with Crippen molar-refractivity contribution < 1.29 is 31.1 Å². The minimum absolute atomic E-state index is 0.0828. The van der Waals surface area contributed by atoms with Crippen LogP contribution in [-0.4, -0.2) is 74.0 Å². The number of nitrogens with one attached hydrogen (secondary N) is 2. The van der Waals surface area contributed by atoms with Crippen molar-refractivity contribution in [3.63, 3.8) is 0 Å². The van der Waals surface area contributed by atoms with E-state index in [-0.39, 0.29) is 29.9 Å². The van der Waals surface area contributed by atoms with Crippen molar-refractivity contribution >= 4 is 33.3 Å². The molecular weight excluding hydrogens is 597 g/mol. The fraction of sp³-hybridized carbons (Fsp3) is 0.433. The van der Waals surface area contributed by atoms with E-state index in [0.717, 1.165) is 36.5 Å². The van der Waals surface area contributed by atoms with Crippen LogP contribution in [0, 0.1) is 11.8 Å². The van der Waals surface area contributed by atoms with Crippen molar-refractivity contribution in [3.05, 3.63) is 71.0 Å². The van der Waals surface area contributed by atoms with Crippen LogP contribution in [0.25, 0.3) is 0 Å². The third-order valence-corrected chi connectivity index (χ3v) is 9.60. The molecule has 1 saturated heterocycles. The number of alkyl halides is 3. The zero-order chi connectivity index (χ0) is 31.8. The smallest absolute Gasteiger partial charge is 0.419 e. The van der Waals surface area contributed by atoms with Crippen molar-refractivity contribution in [1.29, 1.82) is 0 Å². The first-order valence-corrected chi connectivity index (χ1v) is 16.0. The van der Waals surface area contributed by atoms with Crippen molar-refractivity contribution in [2.45, 2.75) is 31.5 Å². The van der Waals surface area contributed by atoms with Crippen LogP contribution in [0.5, 0.6) is 5.75 Å². The molecule has 1 aromatic heterocycles. The van der Waals surface area contributed by atoms with Crippen molar-refractivity contribution in [2.75, 3.05) is 51.2 Å². The lowest BCUT2D eigenvalue weighted by molar-refractivity contribution is -0.138. The van der Waals surface area contributed by atoms with E-state index < -0.39 is 33.7 Å². The first-order chi connectivity index (χ1) is 20.7. The number of carbonyl (C=O) groups is 1. The molecule has 0 bridgehead atoms. The summed E-state index contributed by atoms with van der Waals surface area (Å²) in [5, 5.41) is 5.84. The van der Waals surface area contributed by atoms with Gasteiger partial charge in [0, 0.05) is 31.5 Å². The van der Waals surface area contributed by atoms with E-state index in [0.29, 0.717) is 30.1 Å². The maximum Gasteiger partial charge on any atom is 0.419 e. The molecule has 5 rings (SSSR count). The molecule has 1 unspecified atom stereocenters. The molecule has 3 atom stereocenters. The summed E-state index contributed by atoms with van der Waals surface area (Å²) in [5.41, 5.74) is 1.33. The second-order valence-electron chi connectivity index (χ2n) is 11.4. The molecule has 1 aliphatic heterocycles. The molecule has 44 heavy (non-hydrogen) atoms. The molecular formula is C30H35F3N6O4S. The molecule has 2 aliphatic rings. The quantitative estimate of drug-likeness (QED) is 0.355. The molecule has 236 valence electrons. The lowest BCUT2D eigenvalue weighted by Crippen LogP contribution is -2.34. The first kappa shape index (κ1) is 31.7. The predicted octanol–water partition coefficient (Wildman–Crippen LogP) is 4.49. The Balaban J connectivity index is 1.41. The second kappa shape index (κ2) is 12.3. The zero-order valence-corrected chi connectivity index (χ0v) is 25.7. The number of carbonyl (C=O) groups excluding carboxylic acids is 1. The Hall–Kier alpha value is -3.75. The highest BCUT2D eigenvalue weighted by atomic mass is 32.2. The first-order valence-electron chi connectivity index (χ1n) is 14.1. The van der Waals surface area contributed by atoms with Gasteiger partial charge in [-0.15, -0.1) is 0 Å². The van der Waals surface area contributed by atoms with Crippen LogP contribution in [0.1, 0.15) is 34.8 Å². The van der Waals surface area contributed by atoms with Crippen LogP contribution in [0.3, 0.4) is 0 Å². The lowest BCUT2D eigenvalue weighted by Gasteiger charge is -2.29. The number of methoxy groups -OCH3 is 1. The maximum absolute atomic E-state index is 14.1. The highest BCUT2D eigenvalue weighted by Gasteiger charge is 2.41. The summed E-state index contributed by atoms with van der Waals surface area (Å²) in [6.07, 6.45) is -1.88. The van der Waals surface area contributed by atoms with Gasteiger partial charge >= 0.3 is 6.18 Å². The minimum atomic E-state index is -4.72. The molecule has 2 heterocycles. The van der Waals surface area contributed by atoms with Gasteiger partial charge in [-0.05, 0) is 62.0 Å². The molecule has 2 aromatic carbocycles. The third kappa shape index (κ3) is 6.81. The number of rotatable bonds is 9. The van der Waals surface area contributed by atoms with Gasteiger partial charge in [-0.1, -0.05) is 24.3 Å². The summed E-state index contributed by atoms with van der Waals surface area (Å²) in [7, 11) is 1.20. The summed E-state index contributed by atoms with van der Waals surface area (Å²) in [6.45, 7) is 1.52. The second-order valence-corrected chi connectivity index (χ2v) is 13.5. The van der Waals surface area contributed by atoms with Crippen LogP contribution in [-0.2, 0) is 33.8 Å². The number of fused-ring (bicyclic) bond motifs is 1. The Kier molecular flexibility index (Phi) is 8.87. The number of hydrogen-bond donors (Lipinski definition) is 2. The molecule has 1 aliphatic carbocycles. The Labute approximate surface area is 254 Å². The number of amides is 1. The number of nitrogens with zero attached hydrogens (tertiary/aromatic N) is 4. The molecule has 3 aromatic rings. The summed E-state index contributed by atoms with van der Waals surface area (Å²) in [4.78, 5) is 23.0. The van der Waals surface area contributed by atoms with Crippen molar-refractivity contribution in [1.82, 2.24) is 19.2 Å². The van der Waals surface area contributed by atoms with E-state index >= 15 is 0 Å². The topological polar surface area (TPSA) is 117 Å². The predicted molar refractivity (Wildman–Crippen MR) is 160 cm³/mol. The number of benzene rings is 2. The maximum atomic E-state index is 14.1. The number of anilines is 3. The Morgan fingerprint density at radius 2 is 1.95 bits per heavy atom. The fourth-order valence-electron chi connectivity index (χ4n) is 6.04. The number of sulfonamides is 1. The van der Waals surface area contributed by atoms with E-state index in [1.165, 1.54) is 18.5 Å². The van der Waals surface area contributed by atoms with Gasteiger partial charge in [0.05, 0.1) is 42.3 Å². The van der Waals surface area contributed by atoms with Crippen LogP contribution in [0.4, 0.5) is 30.5 Å². The number of hydrogen-bond acceptors (Lipinski definition) is 8. The molecule has 2 N–H and O–H groups in total. The van der Waals surface area contributed by atoms with Gasteiger partial charge in [0.2, 0.25) is 21.9 Å². The number of halogens is 3. The molecule has 0 radical (unpaired) electrons. The standard InChI is InChI=1S/C30H35F3N6O4S/c1-38-12-11-19(17-38)28(40)35-21-9-10-24(26(15-21)43-3)36-29-34-16-23(30(31,32)33)25(37-29)14-20-13-18-7-5-6-8-22(18)27(20)39(2)44(4,41)42/h5-10,15-16,19-20,27H,11-14,17H2,1-4H3,(H,35,40)(H,34,36,37)/t19?,20-,27-/m0/s1. The summed E-state index contributed by atoms with van der Waals surface area (Å²) in [6, 6.07) is 11.5. The van der Waals surface area contributed by atoms with E-state index in [1.807, 2.05) is 25.2 Å². The Morgan fingerprint density at radius 1 is 1.20 bits per heavy atom. The SMILES string of the molecule is COc1cc(NC(=O)C2CCN(C)C2)ccc1Nc1ncc(C(F)(F)F)c(C[C@@H]2Cc3ccccc3[C@H]2N(C)S(C)(=O)=O)n1. The average Bonchev–Trinajstić information content (AvgIpc) is 3.55. The molecule has 10 nitrogen and oxygen atoms in total. The van der Waals surface area contributed by atoms with Crippen LogP contribution < -0.4 is 15.4 Å². The largest absolute Gasteiger partial charge is 0.494 e. The Bertz CT molecular complexity index is 1650. The summed E-state index contributed by atoms with van der Waals surface area (Å²) < 4.78 is 74.1. The van der Waals surface area contributed by atoms with E-state index in [4.69, 9.17) is 4.74 Å². The van der Waals surface area contributed by atoms with Gasteiger partial charge in [-0.25, -0.2) is 18.4 Å². The lowest BCUT2D eigenvalue weighted by atomic mass is 9.93. The number of likely N-dealkylation sites (tertiary alicyclic amines) is 1. The van der Waals surface area contributed by atoms with Gasteiger partial charge < -0.3 is 20.3 Å². The highest BCUT2D eigenvalue weighted by Crippen LogP contribution is 2.43. The normalized spacial score (nSPS) is 20.5. The summed E-state index contributed by atoms with van der Waals surface area (Å²) >= 11 is 0. The third-order valence-electron chi connectivity index (χ3n) is 8.32. The van der Waals surface area contributed by atoms with Gasteiger partial charge in [-0.3, -0.25) is 4.79 Å². The minimum Gasteiger partial charge on any atom is -0.494 e. The molecule has 1 fully saturated rings. The van der Waals surface area contributed by atoms with Crippen molar-refractivity contribution in [3.8, 4) is 5.75 Å². The van der Waals surface area contributed by atoms with Crippen LogP contribution >= 0.6 is 0 Å².